The summed E-state index contributed by atoms with van der Waals surface area (Å²) in [7, 11) is 0. The van der Waals surface area contributed by atoms with Crippen LogP contribution in [0.1, 0.15) is 194 Å². The lowest BCUT2D eigenvalue weighted by molar-refractivity contribution is -0.203. The van der Waals surface area contributed by atoms with E-state index in [0.717, 1.165) is 77.0 Å². The molecule has 0 saturated heterocycles. The maximum absolute atomic E-state index is 13.4. The van der Waals surface area contributed by atoms with Gasteiger partial charge >= 0.3 is 35.8 Å². The van der Waals surface area contributed by atoms with Crippen LogP contribution in [0.5, 0.6) is 0 Å². The number of carboxylic acids is 3. The van der Waals surface area contributed by atoms with Gasteiger partial charge < -0.3 is 39.7 Å². The van der Waals surface area contributed by atoms with Gasteiger partial charge in [-0.1, -0.05) is 127 Å². The van der Waals surface area contributed by atoms with E-state index in [9.17, 15) is 49.2 Å². The van der Waals surface area contributed by atoms with Gasteiger partial charge in [-0.2, -0.15) is 0 Å². The number of rotatable bonds is 42. The number of carboxylic acid groups (broad SMARTS) is 3. The third kappa shape index (κ3) is 30.9. The molecule has 14 nitrogen and oxygen atoms in total. The Kier molecular flexibility index (Phi) is 36.1. The number of hydrogen-bond donors (Lipinski definition) is 5. The molecule has 0 aromatic carbocycles. The SMILES string of the molecule is CCCCCCCC/C=C\CCCCCCCC(=O)OC(C)C(=O)OC(CC(=O)O)(C(=O)O)C(CCCCC/C=C\C/C=C\CCCCCCCC(=O)O)C(=O)OCC(O)CO. The quantitative estimate of drug-likeness (QED) is 0.0166. The molecule has 0 aromatic heterocycles. The minimum Gasteiger partial charge on any atom is -0.481 e. The molecule has 0 heterocycles. The molecule has 0 aliphatic rings. The van der Waals surface area contributed by atoms with Gasteiger partial charge in [-0.25, -0.2) is 9.59 Å². The lowest BCUT2D eigenvalue weighted by Crippen LogP contribution is -2.55. The fourth-order valence-electron chi connectivity index (χ4n) is 6.87. The zero-order valence-corrected chi connectivity index (χ0v) is 37.8. The van der Waals surface area contributed by atoms with E-state index in [1.54, 1.807) is 0 Å². The largest absolute Gasteiger partial charge is 0.481 e. The molecule has 0 aliphatic heterocycles. The number of carbonyl (C=O) groups excluding carboxylic acids is 3. The van der Waals surface area contributed by atoms with Gasteiger partial charge in [0.05, 0.1) is 13.0 Å². The van der Waals surface area contributed by atoms with Crippen molar-refractivity contribution in [2.75, 3.05) is 13.2 Å². The summed E-state index contributed by atoms with van der Waals surface area (Å²) >= 11 is 0. The molecule has 0 amide bonds. The number of unbranched alkanes of at least 4 members (excludes halogenated alkanes) is 19. The van der Waals surface area contributed by atoms with Gasteiger partial charge in [0.2, 0.25) is 5.60 Å². The second kappa shape index (κ2) is 38.6. The Morgan fingerprint density at radius 2 is 1.05 bits per heavy atom. The average Bonchev–Trinajstić information content (AvgIpc) is 3.22. The summed E-state index contributed by atoms with van der Waals surface area (Å²) in [6.45, 7) is 1.93. The van der Waals surface area contributed by atoms with Crippen molar-refractivity contribution < 1.29 is 68.5 Å². The van der Waals surface area contributed by atoms with Crippen molar-refractivity contribution in [2.24, 2.45) is 5.92 Å². The van der Waals surface area contributed by atoms with E-state index in [1.807, 2.05) is 12.2 Å². The second-order valence-electron chi connectivity index (χ2n) is 16.2. The van der Waals surface area contributed by atoms with Gasteiger partial charge in [0, 0.05) is 12.8 Å². The molecule has 0 fully saturated rings. The summed E-state index contributed by atoms with van der Waals surface area (Å²) in [6.07, 6.45) is 31.0. The Hall–Kier alpha value is -4.04. The smallest absolute Gasteiger partial charge is 0.349 e. The summed E-state index contributed by atoms with van der Waals surface area (Å²) in [5.41, 5.74) is -2.93. The third-order valence-corrected chi connectivity index (χ3v) is 10.5. The topological polar surface area (TPSA) is 231 Å². The summed E-state index contributed by atoms with van der Waals surface area (Å²) in [5, 5.41) is 47.8. The van der Waals surface area contributed by atoms with E-state index in [1.165, 1.54) is 45.4 Å². The molecule has 14 heteroatoms. The van der Waals surface area contributed by atoms with Crippen LogP contribution in [0.25, 0.3) is 0 Å². The van der Waals surface area contributed by atoms with Crippen LogP contribution in [0, 0.1) is 5.92 Å². The Morgan fingerprint density at radius 1 is 0.581 bits per heavy atom. The molecule has 0 bridgehead atoms. The predicted octanol–water partition coefficient (Wildman–Crippen LogP) is 9.58. The minimum absolute atomic E-state index is 0.0168. The number of carbonyl (C=O) groups is 6. The lowest BCUT2D eigenvalue weighted by atomic mass is 9.80. The highest BCUT2D eigenvalue weighted by atomic mass is 16.6. The number of hydrogen-bond acceptors (Lipinski definition) is 11. The first kappa shape index (κ1) is 58.0. The van der Waals surface area contributed by atoms with Crippen molar-refractivity contribution in [1.82, 2.24) is 0 Å². The molecule has 0 radical (unpaired) electrons. The van der Waals surface area contributed by atoms with E-state index < -0.39 is 79.2 Å². The lowest BCUT2D eigenvalue weighted by Gasteiger charge is -2.35. The van der Waals surface area contributed by atoms with Gasteiger partial charge in [0.15, 0.2) is 6.10 Å². The van der Waals surface area contributed by atoms with Crippen molar-refractivity contribution in [3.63, 3.8) is 0 Å². The van der Waals surface area contributed by atoms with Crippen LogP contribution >= 0.6 is 0 Å². The minimum atomic E-state index is -2.93. The van der Waals surface area contributed by atoms with E-state index in [0.29, 0.717) is 32.1 Å². The molecule has 0 saturated carbocycles. The third-order valence-electron chi connectivity index (χ3n) is 10.5. The normalized spacial score (nSPS) is 14.1. The Balaban J connectivity index is 5.11. The Morgan fingerprint density at radius 3 is 1.53 bits per heavy atom. The molecule has 0 rings (SSSR count). The van der Waals surface area contributed by atoms with Crippen LogP contribution in [0.3, 0.4) is 0 Å². The van der Waals surface area contributed by atoms with E-state index in [-0.39, 0.29) is 25.7 Å². The van der Waals surface area contributed by atoms with Gasteiger partial charge in [-0.15, -0.1) is 0 Å². The molecular weight excluding hydrogens is 801 g/mol. The van der Waals surface area contributed by atoms with Crippen LogP contribution in [-0.2, 0) is 43.0 Å². The Bertz CT molecular complexity index is 1320. The van der Waals surface area contributed by atoms with Crippen molar-refractivity contribution in [3.05, 3.63) is 36.5 Å². The molecule has 5 N–H and O–H groups in total. The summed E-state index contributed by atoms with van der Waals surface area (Å²) < 4.78 is 15.7. The summed E-state index contributed by atoms with van der Waals surface area (Å²) in [5.74, 6) is -9.42. The van der Waals surface area contributed by atoms with Gasteiger partial charge in [-0.05, 0) is 84.0 Å². The predicted molar refractivity (Wildman–Crippen MR) is 237 cm³/mol. The summed E-state index contributed by atoms with van der Waals surface area (Å²) in [6, 6.07) is 0. The number of ether oxygens (including phenoxy) is 3. The van der Waals surface area contributed by atoms with Crippen LogP contribution in [0.2, 0.25) is 0 Å². The van der Waals surface area contributed by atoms with Crippen molar-refractivity contribution in [3.8, 4) is 0 Å². The average molecular weight is 881 g/mol. The number of aliphatic carboxylic acids is 3. The molecule has 4 atom stereocenters. The monoisotopic (exact) mass is 881 g/mol. The van der Waals surface area contributed by atoms with Crippen molar-refractivity contribution in [2.45, 2.75) is 211 Å². The van der Waals surface area contributed by atoms with Crippen molar-refractivity contribution in [1.29, 1.82) is 0 Å². The second-order valence-corrected chi connectivity index (χ2v) is 16.2. The van der Waals surface area contributed by atoms with Crippen LogP contribution in [0.15, 0.2) is 36.5 Å². The zero-order chi connectivity index (χ0) is 46.3. The molecule has 0 spiro atoms. The fourth-order valence-corrected chi connectivity index (χ4v) is 6.87. The van der Waals surface area contributed by atoms with Gasteiger partial charge in [0.25, 0.3) is 0 Å². The first-order valence-corrected chi connectivity index (χ1v) is 23.3. The molecule has 0 aromatic rings. The molecular formula is C48H80O14. The highest BCUT2D eigenvalue weighted by Crippen LogP contribution is 2.34. The fraction of sp³-hybridized carbons (Fsp3) is 0.750. The van der Waals surface area contributed by atoms with E-state index in [2.05, 4.69) is 31.2 Å². The zero-order valence-electron chi connectivity index (χ0n) is 37.8. The Labute approximate surface area is 370 Å². The summed E-state index contributed by atoms with van der Waals surface area (Å²) in [4.78, 5) is 74.7. The first-order valence-electron chi connectivity index (χ1n) is 23.3. The molecule has 0 aliphatic carbocycles. The number of allylic oxidation sites excluding steroid dienone is 6. The van der Waals surface area contributed by atoms with E-state index in [4.69, 9.17) is 19.3 Å². The van der Waals surface area contributed by atoms with Crippen LogP contribution < -0.4 is 0 Å². The molecule has 4 unspecified atom stereocenters. The number of aliphatic hydroxyl groups excluding tert-OH is 2. The highest BCUT2D eigenvalue weighted by molar-refractivity contribution is 5.93. The van der Waals surface area contributed by atoms with E-state index >= 15 is 0 Å². The van der Waals surface area contributed by atoms with Gasteiger partial charge in [-0.3, -0.25) is 19.2 Å². The van der Waals surface area contributed by atoms with Crippen LogP contribution in [-0.4, -0.2) is 92.4 Å². The van der Waals surface area contributed by atoms with Crippen LogP contribution in [0.4, 0.5) is 0 Å². The van der Waals surface area contributed by atoms with Gasteiger partial charge in [0.1, 0.15) is 18.6 Å². The standard InChI is InChI=1S/C48H80O14/c1-3-4-5-6-7-8-9-10-12-17-20-23-26-29-32-35-44(55)61-39(2)45(56)62-48(47(58)59,36-43(53)54)41(46(57)60-38-40(50)37-49)33-30-27-24-21-18-15-13-11-14-16-19-22-25-28-31-34-42(51)52/h10-12,14-15,18,39-41,49-50H,3-9,13,16-17,19-38H2,1-2H3,(H,51,52)(H,53,54)(H,58,59)/b12-10-,14-11-,18-15-. The molecule has 62 heavy (non-hydrogen) atoms. The van der Waals surface area contributed by atoms with Crippen molar-refractivity contribution >= 4 is 35.8 Å². The number of esters is 3. The number of aliphatic hydroxyl groups is 2. The first-order chi connectivity index (χ1) is 29.8. The maximum atomic E-state index is 13.4. The highest BCUT2D eigenvalue weighted by Gasteiger charge is 2.56. The maximum Gasteiger partial charge on any atom is 0.349 e. The molecule has 356 valence electrons.